The second-order valence-corrected chi connectivity index (χ2v) is 3.92. The number of rotatable bonds is 3. The molecule has 1 aromatic rings. The van der Waals surface area contributed by atoms with E-state index in [0.29, 0.717) is 12.3 Å². The van der Waals surface area contributed by atoms with Gasteiger partial charge in [0, 0.05) is 12.5 Å². The molecule has 0 bridgehead atoms. The summed E-state index contributed by atoms with van der Waals surface area (Å²) in [7, 11) is 1.56. The molecule has 90 valence electrons. The minimum atomic E-state index is -1.33. The predicted molar refractivity (Wildman–Crippen MR) is 57.2 cm³/mol. The lowest BCUT2D eigenvalue weighted by molar-refractivity contribution is -0.310. The molecule has 0 aliphatic carbocycles. The van der Waals surface area contributed by atoms with Crippen molar-refractivity contribution >= 4 is 11.9 Å². The van der Waals surface area contributed by atoms with Crippen LogP contribution in [0.15, 0.2) is 24.3 Å². The van der Waals surface area contributed by atoms with E-state index in [-0.39, 0.29) is 5.92 Å². The Morgan fingerprint density at radius 1 is 1.41 bits per heavy atom. The Kier molecular flexibility index (Phi) is 2.99. The molecule has 0 radical (unpaired) electrons. The molecule has 1 heterocycles. The van der Waals surface area contributed by atoms with Crippen molar-refractivity contribution in [2.24, 2.45) is 5.92 Å². The van der Waals surface area contributed by atoms with E-state index in [4.69, 9.17) is 4.74 Å². The minimum absolute atomic E-state index is 0.323. The number of nitrogens with one attached hydrogen (secondary N) is 1. The van der Waals surface area contributed by atoms with E-state index >= 15 is 0 Å². The fourth-order valence-electron chi connectivity index (χ4n) is 2.05. The summed E-state index contributed by atoms with van der Waals surface area (Å²) in [5.74, 6) is -2.61. The fourth-order valence-corrected chi connectivity index (χ4v) is 2.05. The van der Waals surface area contributed by atoms with Gasteiger partial charge in [-0.15, -0.1) is 0 Å². The molecule has 17 heavy (non-hydrogen) atoms. The van der Waals surface area contributed by atoms with Crippen LogP contribution in [0, 0.1) is 5.92 Å². The average molecular weight is 234 g/mol. The van der Waals surface area contributed by atoms with Gasteiger partial charge in [-0.05, 0) is 17.7 Å². The van der Waals surface area contributed by atoms with E-state index in [9.17, 15) is 14.7 Å². The Morgan fingerprint density at radius 3 is 2.59 bits per heavy atom. The number of methoxy groups -OCH3 is 1. The van der Waals surface area contributed by atoms with Crippen LogP contribution in [0.5, 0.6) is 5.75 Å². The molecule has 2 atom stereocenters. The Morgan fingerprint density at radius 2 is 2.06 bits per heavy atom. The molecular formula is C12H12NO4-. The van der Waals surface area contributed by atoms with Crippen molar-refractivity contribution in [3.05, 3.63) is 29.8 Å². The van der Waals surface area contributed by atoms with Crippen molar-refractivity contribution in [1.82, 2.24) is 5.32 Å². The molecule has 1 aliphatic heterocycles. The lowest BCUT2D eigenvalue weighted by Crippen LogP contribution is -2.38. The van der Waals surface area contributed by atoms with E-state index in [1.54, 1.807) is 31.4 Å². The Hall–Kier alpha value is -2.04. The van der Waals surface area contributed by atoms with Crippen LogP contribution in [0.4, 0.5) is 0 Å². The van der Waals surface area contributed by atoms with Gasteiger partial charge in [-0.3, -0.25) is 4.79 Å². The van der Waals surface area contributed by atoms with Crippen molar-refractivity contribution in [3.63, 3.8) is 0 Å². The molecule has 5 nitrogen and oxygen atoms in total. The highest BCUT2D eigenvalue weighted by Crippen LogP contribution is 2.29. The molecule has 5 heteroatoms. The first-order valence-electron chi connectivity index (χ1n) is 5.26. The van der Waals surface area contributed by atoms with Gasteiger partial charge in [0.25, 0.3) is 0 Å². The summed E-state index contributed by atoms with van der Waals surface area (Å²) in [5.41, 5.74) is 0.790. The molecule has 0 saturated carbocycles. The van der Waals surface area contributed by atoms with Crippen LogP contribution in [0.3, 0.4) is 0 Å². The number of hydrogen-bond donors (Lipinski definition) is 1. The molecule has 0 unspecified atom stereocenters. The molecule has 0 aromatic heterocycles. The molecule has 2 rings (SSSR count). The van der Waals surface area contributed by atoms with E-state index in [1.807, 2.05) is 0 Å². The number of carboxylic acids is 1. The summed E-state index contributed by atoms with van der Waals surface area (Å²) in [6.07, 6.45) is 0. The number of benzene rings is 1. The van der Waals surface area contributed by atoms with Gasteiger partial charge in [0.2, 0.25) is 5.91 Å². The first-order valence-corrected chi connectivity index (χ1v) is 5.26. The van der Waals surface area contributed by atoms with Gasteiger partial charge in [0.05, 0.1) is 19.0 Å². The summed E-state index contributed by atoms with van der Waals surface area (Å²) in [4.78, 5) is 22.3. The highest BCUT2D eigenvalue weighted by molar-refractivity contribution is 5.99. The van der Waals surface area contributed by atoms with Crippen LogP contribution in [0.25, 0.3) is 0 Å². The average Bonchev–Trinajstić information content (AvgIpc) is 2.71. The number of ether oxygens (including phenoxy) is 1. The fraction of sp³-hybridized carbons (Fsp3) is 0.333. The van der Waals surface area contributed by atoms with Crippen LogP contribution in [-0.2, 0) is 9.59 Å². The molecule has 1 amide bonds. The number of hydrogen-bond acceptors (Lipinski definition) is 4. The highest BCUT2D eigenvalue weighted by Gasteiger charge is 2.36. The van der Waals surface area contributed by atoms with E-state index in [1.165, 1.54) is 0 Å². The lowest BCUT2D eigenvalue weighted by Gasteiger charge is -2.17. The normalized spacial score (nSPS) is 23.2. The smallest absolute Gasteiger partial charge is 0.229 e. The third-order valence-electron chi connectivity index (χ3n) is 2.98. The number of carbonyl (C=O) groups is 2. The third kappa shape index (κ3) is 2.08. The zero-order valence-electron chi connectivity index (χ0n) is 9.30. The Bertz CT molecular complexity index is 440. The summed E-state index contributed by atoms with van der Waals surface area (Å²) in [6, 6.07) is 7.01. The number of carbonyl (C=O) groups excluding carboxylic acids is 2. The van der Waals surface area contributed by atoms with E-state index in [0.717, 1.165) is 5.56 Å². The van der Waals surface area contributed by atoms with Gasteiger partial charge in [-0.25, -0.2) is 0 Å². The van der Waals surface area contributed by atoms with Crippen molar-refractivity contribution in [2.75, 3.05) is 13.7 Å². The molecule has 1 N–H and O–H groups in total. The standard InChI is InChI=1S/C12H13NO4/c1-17-8-4-2-7(3-5-8)9-6-13-11(14)10(9)12(15)16/h2-5,9-10H,6H2,1H3,(H,13,14)(H,15,16)/p-1/t9-,10-/m0/s1. The van der Waals surface area contributed by atoms with Crippen LogP contribution < -0.4 is 15.2 Å². The van der Waals surface area contributed by atoms with Gasteiger partial charge in [-0.2, -0.15) is 0 Å². The largest absolute Gasteiger partial charge is 0.549 e. The zero-order valence-corrected chi connectivity index (χ0v) is 9.30. The van der Waals surface area contributed by atoms with Gasteiger partial charge in [0.15, 0.2) is 0 Å². The van der Waals surface area contributed by atoms with Crippen molar-refractivity contribution in [2.45, 2.75) is 5.92 Å². The van der Waals surface area contributed by atoms with Crippen LogP contribution >= 0.6 is 0 Å². The number of aliphatic carboxylic acids is 1. The second-order valence-electron chi connectivity index (χ2n) is 3.92. The molecule has 1 aromatic carbocycles. The van der Waals surface area contributed by atoms with E-state index < -0.39 is 17.8 Å². The first-order chi connectivity index (χ1) is 8.13. The van der Waals surface area contributed by atoms with Gasteiger partial charge < -0.3 is 20.0 Å². The van der Waals surface area contributed by atoms with Gasteiger partial charge in [-0.1, -0.05) is 12.1 Å². The van der Waals surface area contributed by atoms with Crippen molar-refractivity contribution in [3.8, 4) is 5.75 Å². The van der Waals surface area contributed by atoms with Crippen LogP contribution in [-0.4, -0.2) is 25.5 Å². The van der Waals surface area contributed by atoms with Gasteiger partial charge in [0.1, 0.15) is 5.75 Å². The molecular weight excluding hydrogens is 222 g/mol. The van der Waals surface area contributed by atoms with E-state index in [2.05, 4.69) is 5.32 Å². The molecule has 1 fully saturated rings. The first kappa shape index (κ1) is 11.4. The quantitative estimate of drug-likeness (QED) is 0.700. The maximum Gasteiger partial charge on any atom is 0.229 e. The van der Waals surface area contributed by atoms with Crippen molar-refractivity contribution < 1.29 is 19.4 Å². The Labute approximate surface area is 98.4 Å². The summed E-state index contributed by atoms with van der Waals surface area (Å²) in [6.45, 7) is 0.323. The minimum Gasteiger partial charge on any atom is -0.549 e. The summed E-state index contributed by atoms with van der Waals surface area (Å²) >= 11 is 0. The van der Waals surface area contributed by atoms with Crippen LogP contribution in [0.1, 0.15) is 11.5 Å². The van der Waals surface area contributed by atoms with Crippen LogP contribution in [0.2, 0.25) is 0 Å². The second kappa shape index (κ2) is 4.45. The maximum absolute atomic E-state index is 11.4. The molecule has 0 spiro atoms. The summed E-state index contributed by atoms with van der Waals surface area (Å²) < 4.78 is 5.02. The monoisotopic (exact) mass is 234 g/mol. The van der Waals surface area contributed by atoms with Crippen molar-refractivity contribution in [1.29, 1.82) is 0 Å². The number of amides is 1. The lowest BCUT2D eigenvalue weighted by atomic mass is 9.88. The number of carboxylic acid groups (broad SMARTS) is 1. The zero-order chi connectivity index (χ0) is 12.4. The predicted octanol–water partition coefficient (Wildman–Crippen LogP) is -0.725. The highest BCUT2D eigenvalue weighted by atomic mass is 16.5. The Balaban J connectivity index is 2.26. The topological polar surface area (TPSA) is 78.5 Å². The third-order valence-corrected chi connectivity index (χ3v) is 2.98. The molecule has 1 aliphatic rings. The summed E-state index contributed by atoms with van der Waals surface area (Å²) in [5, 5.41) is 13.5. The maximum atomic E-state index is 11.4. The SMILES string of the molecule is COc1ccc([C@@H]2CNC(=O)[C@H]2C(=O)[O-])cc1. The van der Waals surface area contributed by atoms with Gasteiger partial charge >= 0.3 is 0 Å². The molecule has 1 saturated heterocycles.